The zero-order valence-electron chi connectivity index (χ0n) is 14.0. The summed E-state index contributed by atoms with van der Waals surface area (Å²) < 4.78 is 5.16. The summed E-state index contributed by atoms with van der Waals surface area (Å²) in [6, 6.07) is 11.8. The van der Waals surface area contributed by atoms with Crippen molar-refractivity contribution < 1.29 is 14.3 Å². The third kappa shape index (κ3) is 3.62. The normalized spacial score (nSPS) is 19.4. The summed E-state index contributed by atoms with van der Waals surface area (Å²) in [4.78, 5) is 24.7. The first kappa shape index (κ1) is 18.1. The molecule has 24 heavy (non-hydrogen) atoms. The smallest absolute Gasteiger partial charge is 0.337 e. The molecule has 1 aliphatic heterocycles. The molecule has 1 aromatic carbocycles. The Labute approximate surface area is 146 Å². The van der Waals surface area contributed by atoms with Crippen LogP contribution < -0.4 is 5.32 Å². The highest BCUT2D eigenvalue weighted by molar-refractivity contribution is 8.02. The molecule has 1 N–H and O–H groups in total. The Morgan fingerprint density at radius 2 is 2.04 bits per heavy atom. The van der Waals surface area contributed by atoms with Crippen LogP contribution in [0, 0.1) is 22.7 Å². The molecule has 0 fully saturated rings. The first-order chi connectivity index (χ1) is 11.4. The van der Waals surface area contributed by atoms with E-state index < -0.39 is 17.3 Å². The fourth-order valence-corrected chi connectivity index (χ4v) is 3.80. The molecule has 0 saturated heterocycles. The highest BCUT2D eigenvalue weighted by atomic mass is 32.2. The van der Waals surface area contributed by atoms with Gasteiger partial charge in [0.05, 0.1) is 23.3 Å². The van der Waals surface area contributed by atoms with Gasteiger partial charge in [0.1, 0.15) is 5.92 Å². The molecule has 0 bridgehead atoms. The molecule has 1 unspecified atom stereocenters. The fourth-order valence-electron chi connectivity index (χ4n) is 2.63. The van der Waals surface area contributed by atoms with Gasteiger partial charge in [-0.05, 0) is 12.5 Å². The number of ether oxygens (including phenoxy) is 1. The Hall–Kier alpha value is -2.26. The van der Waals surface area contributed by atoms with E-state index in [4.69, 9.17) is 4.74 Å². The zero-order chi connectivity index (χ0) is 17.7. The number of nitriles is 1. The van der Waals surface area contributed by atoms with Crippen LogP contribution >= 0.6 is 11.8 Å². The zero-order valence-corrected chi connectivity index (χ0v) is 14.8. The minimum Gasteiger partial charge on any atom is -0.463 e. The topological polar surface area (TPSA) is 79.2 Å². The lowest BCUT2D eigenvalue weighted by Crippen LogP contribution is -2.47. The van der Waals surface area contributed by atoms with Gasteiger partial charge in [-0.2, -0.15) is 5.26 Å². The van der Waals surface area contributed by atoms with Crippen LogP contribution in [0.4, 0.5) is 0 Å². The quantitative estimate of drug-likeness (QED) is 0.831. The molecule has 0 spiro atoms. The third-order valence-electron chi connectivity index (χ3n) is 3.93. The first-order valence-corrected chi connectivity index (χ1v) is 8.69. The maximum atomic E-state index is 12.4. The molecule has 1 amide bonds. The largest absolute Gasteiger partial charge is 0.463 e. The molecule has 0 saturated carbocycles. The summed E-state index contributed by atoms with van der Waals surface area (Å²) in [5.74, 6) is -1.20. The Morgan fingerprint density at radius 3 is 2.62 bits per heavy atom. The van der Waals surface area contributed by atoms with Gasteiger partial charge in [0, 0.05) is 11.2 Å². The van der Waals surface area contributed by atoms with Crippen LogP contribution in [0.25, 0.3) is 0 Å². The molecule has 0 radical (unpaired) electrons. The average molecular weight is 344 g/mol. The lowest BCUT2D eigenvalue weighted by atomic mass is 9.71. The van der Waals surface area contributed by atoms with Crippen molar-refractivity contribution in [2.24, 2.45) is 11.3 Å². The van der Waals surface area contributed by atoms with Crippen LogP contribution in [0.3, 0.4) is 0 Å². The molecule has 6 heteroatoms. The highest BCUT2D eigenvalue weighted by Crippen LogP contribution is 2.43. The van der Waals surface area contributed by atoms with E-state index in [-0.39, 0.29) is 12.5 Å². The lowest BCUT2D eigenvalue weighted by molar-refractivity contribution is -0.140. The Kier molecular flexibility index (Phi) is 5.68. The van der Waals surface area contributed by atoms with E-state index in [1.807, 2.05) is 36.4 Å². The minimum absolute atomic E-state index is 0.236. The van der Waals surface area contributed by atoms with Gasteiger partial charge in [-0.3, -0.25) is 4.79 Å². The average Bonchev–Trinajstić information content (AvgIpc) is 2.53. The number of amides is 1. The van der Waals surface area contributed by atoms with Crippen LogP contribution in [0.15, 0.2) is 40.9 Å². The standard InChI is InChI=1S/C18H20N2O3S/c1-4-23-17(22)14-16(24-11-12-8-6-5-7-9-12)20-15(21)13(10-19)18(14,2)3/h5-9,13H,4,11H2,1-3H3,(H,20,21). The number of hydrogen-bond donors (Lipinski definition) is 1. The molecule has 1 aliphatic rings. The summed E-state index contributed by atoms with van der Waals surface area (Å²) in [5.41, 5.74) is 0.520. The SMILES string of the molecule is CCOC(=O)C1=C(SCc2ccccc2)NC(=O)C(C#N)C1(C)C. The van der Waals surface area contributed by atoms with Crippen LogP contribution in [-0.2, 0) is 20.1 Å². The molecular weight excluding hydrogens is 324 g/mol. The summed E-state index contributed by atoms with van der Waals surface area (Å²) in [7, 11) is 0. The predicted molar refractivity (Wildman–Crippen MR) is 92.4 cm³/mol. The van der Waals surface area contributed by atoms with Gasteiger partial charge in [-0.1, -0.05) is 44.2 Å². The Morgan fingerprint density at radius 1 is 1.38 bits per heavy atom. The molecule has 1 heterocycles. The third-order valence-corrected chi connectivity index (χ3v) is 5.00. The number of rotatable bonds is 5. The first-order valence-electron chi connectivity index (χ1n) is 7.70. The van der Waals surface area contributed by atoms with Crippen molar-refractivity contribution in [2.45, 2.75) is 26.5 Å². The number of hydrogen-bond acceptors (Lipinski definition) is 5. The molecule has 2 rings (SSSR count). The van der Waals surface area contributed by atoms with E-state index >= 15 is 0 Å². The number of carbonyl (C=O) groups is 2. The van der Waals surface area contributed by atoms with E-state index in [0.717, 1.165) is 5.56 Å². The van der Waals surface area contributed by atoms with Crippen molar-refractivity contribution in [1.82, 2.24) is 5.32 Å². The summed E-state index contributed by atoms with van der Waals surface area (Å²) in [6.45, 7) is 5.43. The van der Waals surface area contributed by atoms with Crippen molar-refractivity contribution in [3.63, 3.8) is 0 Å². The Balaban J connectivity index is 2.38. The van der Waals surface area contributed by atoms with E-state index in [1.54, 1.807) is 20.8 Å². The van der Waals surface area contributed by atoms with E-state index in [2.05, 4.69) is 5.32 Å². The number of nitrogens with one attached hydrogen (secondary N) is 1. The predicted octanol–water partition coefficient (Wildman–Crippen LogP) is 2.99. The maximum Gasteiger partial charge on any atom is 0.337 e. The van der Waals surface area contributed by atoms with Crippen molar-refractivity contribution in [3.8, 4) is 6.07 Å². The summed E-state index contributed by atoms with van der Waals surface area (Å²) >= 11 is 1.37. The lowest BCUT2D eigenvalue weighted by Gasteiger charge is -2.36. The number of nitrogens with zero attached hydrogens (tertiary/aromatic N) is 1. The van der Waals surface area contributed by atoms with E-state index in [0.29, 0.717) is 16.4 Å². The molecule has 0 aliphatic carbocycles. The maximum absolute atomic E-state index is 12.4. The molecule has 0 aromatic heterocycles. The molecular formula is C18H20N2O3S. The van der Waals surface area contributed by atoms with Crippen molar-refractivity contribution in [3.05, 3.63) is 46.5 Å². The van der Waals surface area contributed by atoms with Crippen molar-refractivity contribution in [1.29, 1.82) is 5.26 Å². The van der Waals surface area contributed by atoms with Crippen molar-refractivity contribution in [2.75, 3.05) is 6.61 Å². The molecule has 1 atom stereocenters. The molecule has 5 nitrogen and oxygen atoms in total. The van der Waals surface area contributed by atoms with Gasteiger partial charge in [0.2, 0.25) is 5.91 Å². The van der Waals surface area contributed by atoms with Gasteiger partial charge in [-0.15, -0.1) is 11.8 Å². The Bertz CT molecular complexity index is 705. The highest BCUT2D eigenvalue weighted by Gasteiger charge is 2.47. The molecule has 126 valence electrons. The molecule has 1 aromatic rings. The van der Waals surface area contributed by atoms with E-state index in [9.17, 15) is 14.9 Å². The second-order valence-corrected chi connectivity index (χ2v) is 6.96. The monoisotopic (exact) mass is 344 g/mol. The number of carbonyl (C=O) groups excluding carboxylic acids is 2. The minimum atomic E-state index is -0.932. The second-order valence-electron chi connectivity index (χ2n) is 5.97. The van der Waals surface area contributed by atoms with Crippen LogP contribution in [-0.4, -0.2) is 18.5 Å². The van der Waals surface area contributed by atoms with Crippen LogP contribution in [0.1, 0.15) is 26.3 Å². The van der Waals surface area contributed by atoms with Gasteiger partial charge in [0.15, 0.2) is 0 Å². The van der Waals surface area contributed by atoms with Gasteiger partial charge < -0.3 is 10.1 Å². The van der Waals surface area contributed by atoms with Gasteiger partial charge in [-0.25, -0.2) is 4.79 Å². The van der Waals surface area contributed by atoms with E-state index in [1.165, 1.54) is 11.8 Å². The van der Waals surface area contributed by atoms with Crippen molar-refractivity contribution >= 4 is 23.6 Å². The van der Waals surface area contributed by atoms with Crippen LogP contribution in [0.2, 0.25) is 0 Å². The van der Waals surface area contributed by atoms with Gasteiger partial charge in [0.25, 0.3) is 0 Å². The number of benzene rings is 1. The summed E-state index contributed by atoms with van der Waals surface area (Å²) in [5, 5.41) is 12.5. The van der Waals surface area contributed by atoms with Gasteiger partial charge >= 0.3 is 5.97 Å². The second kappa shape index (κ2) is 7.54. The van der Waals surface area contributed by atoms with Crippen LogP contribution in [0.5, 0.6) is 0 Å². The number of thioether (sulfide) groups is 1. The summed E-state index contributed by atoms with van der Waals surface area (Å²) in [6.07, 6.45) is 0. The number of esters is 1. The fraction of sp³-hybridized carbons (Fsp3) is 0.389.